The smallest absolute Gasteiger partial charge is 0.246 e. The fraction of sp³-hybridized carbons (Fsp3) is 0.333. The molecule has 2 aromatic rings. The third kappa shape index (κ3) is 2.94. The van der Waals surface area contributed by atoms with E-state index >= 15 is 0 Å². The lowest BCUT2D eigenvalue weighted by Gasteiger charge is -2.38. The highest BCUT2D eigenvalue weighted by Gasteiger charge is 2.39. The molecule has 2 aliphatic rings. The summed E-state index contributed by atoms with van der Waals surface area (Å²) in [4.78, 5) is 31.2. The quantitative estimate of drug-likeness (QED) is 0.836. The van der Waals surface area contributed by atoms with Crippen LogP contribution < -0.4 is 9.80 Å². The molecule has 2 aromatic carbocycles. The van der Waals surface area contributed by atoms with Crippen LogP contribution in [-0.4, -0.2) is 48.9 Å². The van der Waals surface area contributed by atoms with Crippen molar-refractivity contribution in [3.8, 4) is 0 Å². The van der Waals surface area contributed by atoms with E-state index in [2.05, 4.69) is 17.0 Å². The standard InChI is InChI=1S/C21H23N3O2/c1-16(25)24-19-10-6-5-7-17(19)15-20(24)21(26)23-13-11-22(12-14-23)18-8-3-2-4-9-18/h2-10,20H,11-15H2,1H3/t20-/m1/s1. The summed E-state index contributed by atoms with van der Waals surface area (Å²) in [7, 11) is 0. The summed E-state index contributed by atoms with van der Waals surface area (Å²) in [5, 5.41) is 0. The van der Waals surface area contributed by atoms with E-state index in [0.717, 1.165) is 24.3 Å². The predicted molar refractivity (Wildman–Crippen MR) is 102 cm³/mol. The molecule has 5 heteroatoms. The van der Waals surface area contributed by atoms with Gasteiger partial charge in [0, 0.05) is 50.9 Å². The number of rotatable bonds is 2. The lowest BCUT2D eigenvalue weighted by Crippen LogP contribution is -2.55. The van der Waals surface area contributed by atoms with Crippen LogP contribution in [0.15, 0.2) is 54.6 Å². The normalized spacial score (nSPS) is 19.4. The lowest BCUT2D eigenvalue weighted by atomic mass is 10.1. The van der Waals surface area contributed by atoms with E-state index in [0.29, 0.717) is 19.5 Å². The van der Waals surface area contributed by atoms with Gasteiger partial charge >= 0.3 is 0 Å². The maximum absolute atomic E-state index is 13.1. The van der Waals surface area contributed by atoms with Gasteiger partial charge in [-0.3, -0.25) is 14.5 Å². The first-order valence-corrected chi connectivity index (χ1v) is 9.11. The van der Waals surface area contributed by atoms with Crippen molar-refractivity contribution in [2.24, 2.45) is 0 Å². The number of hydrogen-bond donors (Lipinski definition) is 0. The average Bonchev–Trinajstić information content (AvgIpc) is 3.08. The fourth-order valence-electron chi connectivity index (χ4n) is 4.01. The van der Waals surface area contributed by atoms with Crippen molar-refractivity contribution in [2.75, 3.05) is 36.0 Å². The van der Waals surface area contributed by atoms with Crippen molar-refractivity contribution in [1.29, 1.82) is 0 Å². The van der Waals surface area contributed by atoms with Gasteiger partial charge in [0.25, 0.3) is 0 Å². The zero-order valence-corrected chi connectivity index (χ0v) is 15.0. The zero-order chi connectivity index (χ0) is 18.1. The molecule has 1 saturated heterocycles. The lowest BCUT2D eigenvalue weighted by molar-refractivity contribution is -0.134. The van der Waals surface area contributed by atoms with Crippen molar-refractivity contribution in [3.05, 3.63) is 60.2 Å². The Labute approximate surface area is 153 Å². The number of nitrogens with zero attached hydrogens (tertiary/aromatic N) is 3. The Kier molecular flexibility index (Phi) is 4.37. The van der Waals surface area contributed by atoms with Crippen molar-refractivity contribution < 1.29 is 9.59 Å². The Bertz CT molecular complexity index is 813. The number of anilines is 2. The molecular formula is C21H23N3O2. The molecule has 26 heavy (non-hydrogen) atoms. The first kappa shape index (κ1) is 16.6. The van der Waals surface area contributed by atoms with Gasteiger partial charge in [-0.1, -0.05) is 36.4 Å². The Balaban J connectivity index is 1.46. The highest BCUT2D eigenvalue weighted by molar-refractivity contribution is 6.02. The second-order valence-corrected chi connectivity index (χ2v) is 6.89. The SMILES string of the molecule is CC(=O)N1c2ccccc2C[C@@H]1C(=O)N1CCN(c2ccccc2)CC1. The van der Waals surface area contributed by atoms with Crippen LogP contribution in [0.2, 0.25) is 0 Å². The number of carbonyl (C=O) groups is 2. The molecule has 0 saturated carbocycles. The number of benzene rings is 2. The molecular weight excluding hydrogens is 326 g/mol. The largest absolute Gasteiger partial charge is 0.368 e. The fourth-order valence-corrected chi connectivity index (χ4v) is 4.01. The minimum absolute atomic E-state index is 0.0594. The summed E-state index contributed by atoms with van der Waals surface area (Å²) in [6, 6.07) is 17.7. The van der Waals surface area contributed by atoms with Crippen LogP contribution in [0.25, 0.3) is 0 Å². The molecule has 134 valence electrons. The van der Waals surface area contributed by atoms with E-state index in [4.69, 9.17) is 0 Å². The molecule has 0 spiro atoms. The number of piperazine rings is 1. The third-order valence-corrected chi connectivity index (χ3v) is 5.31. The molecule has 0 radical (unpaired) electrons. The molecule has 0 N–H and O–H groups in total. The van der Waals surface area contributed by atoms with Gasteiger partial charge in [-0.25, -0.2) is 0 Å². The van der Waals surface area contributed by atoms with Crippen LogP contribution in [0, 0.1) is 0 Å². The highest BCUT2D eigenvalue weighted by Crippen LogP contribution is 2.33. The maximum Gasteiger partial charge on any atom is 0.246 e. The number of carbonyl (C=O) groups excluding carboxylic acids is 2. The van der Waals surface area contributed by atoms with Crippen LogP contribution in [0.3, 0.4) is 0 Å². The summed E-state index contributed by atoms with van der Waals surface area (Å²) in [6.45, 7) is 4.54. The van der Waals surface area contributed by atoms with E-state index < -0.39 is 6.04 Å². The molecule has 0 aliphatic carbocycles. The van der Waals surface area contributed by atoms with E-state index in [-0.39, 0.29) is 11.8 Å². The highest BCUT2D eigenvalue weighted by atomic mass is 16.2. The summed E-state index contributed by atoms with van der Waals surface area (Å²) in [6.07, 6.45) is 0.605. The van der Waals surface area contributed by atoms with Crippen molar-refractivity contribution in [1.82, 2.24) is 4.90 Å². The van der Waals surface area contributed by atoms with E-state index in [1.807, 2.05) is 47.4 Å². The summed E-state index contributed by atoms with van der Waals surface area (Å²) in [5.41, 5.74) is 3.14. The number of fused-ring (bicyclic) bond motifs is 1. The molecule has 2 amide bonds. The summed E-state index contributed by atoms with van der Waals surface area (Å²) in [5.74, 6) is -0.0136. The predicted octanol–water partition coefficient (Wildman–Crippen LogP) is 2.31. The van der Waals surface area contributed by atoms with Gasteiger partial charge in [0.2, 0.25) is 11.8 Å². The minimum atomic E-state index is -0.409. The summed E-state index contributed by atoms with van der Waals surface area (Å²) < 4.78 is 0. The number of para-hydroxylation sites is 2. The van der Waals surface area contributed by atoms with Crippen LogP contribution in [-0.2, 0) is 16.0 Å². The molecule has 2 aliphatic heterocycles. The summed E-state index contributed by atoms with van der Waals surface area (Å²) >= 11 is 0. The molecule has 1 atom stereocenters. The first-order valence-electron chi connectivity index (χ1n) is 9.11. The monoisotopic (exact) mass is 349 g/mol. The molecule has 0 aromatic heterocycles. The molecule has 4 rings (SSSR count). The van der Waals surface area contributed by atoms with Crippen molar-refractivity contribution >= 4 is 23.2 Å². The Hall–Kier alpha value is -2.82. The second-order valence-electron chi connectivity index (χ2n) is 6.89. The molecule has 2 heterocycles. The van der Waals surface area contributed by atoms with Crippen molar-refractivity contribution in [2.45, 2.75) is 19.4 Å². The van der Waals surface area contributed by atoms with Gasteiger partial charge in [0.05, 0.1) is 0 Å². The number of hydrogen-bond acceptors (Lipinski definition) is 3. The number of amides is 2. The topological polar surface area (TPSA) is 43.9 Å². The van der Waals surface area contributed by atoms with Gasteiger partial charge in [-0.15, -0.1) is 0 Å². The molecule has 0 unspecified atom stereocenters. The zero-order valence-electron chi connectivity index (χ0n) is 15.0. The molecule has 0 bridgehead atoms. The Morgan fingerprint density at radius 2 is 1.54 bits per heavy atom. The first-order chi connectivity index (χ1) is 12.6. The van der Waals surface area contributed by atoms with Gasteiger partial charge < -0.3 is 9.80 Å². The average molecular weight is 349 g/mol. The van der Waals surface area contributed by atoms with Gasteiger partial charge in [0.1, 0.15) is 6.04 Å². The van der Waals surface area contributed by atoms with E-state index in [1.165, 1.54) is 12.6 Å². The van der Waals surface area contributed by atoms with Crippen LogP contribution in [0.4, 0.5) is 11.4 Å². The van der Waals surface area contributed by atoms with Gasteiger partial charge in [-0.05, 0) is 23.8 Å². The van der Waals surface area contributed by atoms with E-state index in [9.17, 15) is 9.59 Å². The van der Waals surface area contributed by atoms with Crippen LogP contribution >= 0.6 is 0 Å². The van der Waals surface area contributed by atoms with Crippen LogP contribution in [0.5, 0.6) is 0 Å². The van der Waals surface area contributed by atoms with E-state index in [1.54, 1.807) is 4.90 Å². The maximum atomic E-state index is 13.1. The van der Waals surface area contributed by atoms with Gasteiger partial charge in [-0.2, -0.15) is 0 Å². The van der Waals surface area contributed by atoms with Crippen LogP contribution in [0.1, 0.15) is 12.5 Å². The third-order valence-electron chi connectivity index (χ3n) is 5.31. The van der Waals surface area contributed by atoms with Gasteiger partial charge in [0.15, 0.2) is 0 Å². The molecule has 1 fully saturated rings. The minimum Gasteiger partial charge on any atom is -0.368 e. The second kappa shape index (κ2) is 6.83. The van der Waals surface area contributed by atoms with Crippen molar-refractivity contribution in [3.63, 3.8) is 0 Å². The molecule has 5 nitrogen and oxygen atoms in total. The Morgan fingerprint density at radius 3 is 2.23 bits per heavy atom. The Morgan fingerprint density at radius 1 is 0.885 bits per heavy atom.